The predicted octanol–water partition coefficient (Wildman–Crippen LogP) is 4.81. The second-order valence-corrected chi connectivity index (χ2v) is 9.18. The van der Waals surface area contributed by atoms with E-state index in [1.807, 2.05) is 0 Å². The highest BCUT2D eigenvalue weighted by Gasteiger charge is 2.21. The number of rotatable bonds is 7. The minimum absolute atomic E-state index is 0.145. The van der Waals surface area contributed by atoms with E-state index in [0.29, 0.717) is 11.1 Å². The van der Waals surface area contributed by atoms with Crippen molar-refractivity contribution in [2.24, 2.45) is 0 Å². The summed E-state index contributed by atoms with van der Waals surface area (Å²) in [7, 11) is -4.16. The average Bonchev–Trinajstić information content (AvgIpc) is 2.79. The maximum atomic E-state index is 12.6. The van der Waals surface area contributed by atoms with Gasteiger partial charge >= 0.3 is 5.63 Å². The molecule has 0 aliphatic rings. The maximum absolute atomic E-state index is 12.6. The normalized spacial score (nSPS) is 11.2. The highest BCUT2D eigenvalue weighted by atomic mass is 35.5. The quantitative estimate of drug-likeness (QED) is 0.198. The van der Waals surface area contributed by atoms with E-state index < -0.39 is 31.2 Å². The monoisotopic (exact) mass is 516 g/mol. The summed E-state index contributed by atoms with van der Waals surface area (Å²) in [4.78, 5) is 32.3. The third kappa shape index (κ3) is 5.05. The van der Waals surface area contributed by atoms with E-state index in [9.17, 15) is 33.4 Å². The fraction of sp³-hybridized carbons (Fsp3) is 0. The Labute approximate surface area is 201 Å². The molecule has 12 nitrogen and oxygen atoms in total. The topological polar surface area (TPSA) is 175 Å². The highest BCUT2D eigenvalue weighted by Crippen LogP contribution is 2.30. The van der Waals surface area contributed by atoms with E-state index in [-0.39, 0.29) is 32.6 Å². The molecule has 0 amide bonds. The van der Waals surface area contributed by atoms with Gasteiger partial charge in [-0.15, -0.1) is 0 Å². The van der Waals surface area contributed by atoms with Gasteiger partial charge in [0, 0.05) is 41.0 Å². The number of nitro benzene ring substituents is 2. The molecule has 2 N–H and O–H groups in total. The molecule has 0 aliphatic heterocycles. The maximum Gasteiger partial charge on any atom is 0.338 e. The number of hydrogen-bond donors (Lipinski definition) is 2. The van der Waals surface area contributed by atoms with Gasteiger partial charge in [0.1, 0.15) is 10.6 Å². The van der Waals surface area contributed by atoms with Crippen LogP contribution in [0, 0.1) is 20.2 Å². The summed E-state index contributed by atoms with van der Waals surface area (Å²) in [5, 5.41) is 25.2. The first-order valence-electron chi connectivity index (χ1n) is 9.60. The molecule has 0 spiro atoms. The summed E-state index contributed by atoms with van der Waals surface area (Å²) in [5.74, 6) is 0. The molecule has 0 aliphatic carbocycles. The van der Waals surface area contributed by atoms with Crippen LogP contribution in [0.1, 0.15) is 0 Å². The zero-order chi connectivity index (χ0) is 25.3. The van der Waals surface area contributed by atoms with E-state index in [1.54, 1.807) is 0 Å². The Balaban J connectivity index is 1.59. The molecule has 1 heterocycles. The van der Waals surface area contributed by atoms with Crippen molar-refractivity contribution in [3.8, 4) is 0 Å². The molecule has 0 saturated heterocycles. The molecule has 0 saturated carbocycles. The Morgan fingerprint density at radius 1 is 0.857 bits per heavy atom. The number of nitro groups is 2. The molecule has 4 aromatic rings. The van der Waals surface area contributed by atoms with E-state index in [2.05, 4.69) is 10.0 Å². The first-order chi connectivity index (χ1) is 16.5. The van der Waals surface area contributed by atoms with Crippen LogP contribution in [0.3, 0.4) is 0 Å². The highest BCUT2D eigenvalue weighted by molar-refractivity contribution is 7.92. The molecule has 4 rings (SSSR count). The van der Waals surface area contributed by atoms with Crippen LogP contribution in [0.15, 0.2) is 80.8 Å². The average molecular weight is 517 g/mol. The van der Waals surface area contributed by atoms with Crippen LogP contribution in [-0.2, 0) is 10.0 Å². The van der Waals surface area contributed by atoms with Crippen molar-refractivity contribution in [3.63, 3.8) is 0 Å². The lowest BCUT2D eigenvalue weighted by Crippen LogP contribution is -2.13. The van der Waals surface area contributed by atoms with Crippen molar-refractivity contribution in [1.29, 1.82) is 0 Å². The summed E-state index contributed by atoms with van der Waals surface area (Å²) in [6, 6.07) is 13.9. The van der Waals surface area contributed by atoms with Crippen molar-refractivity contribution < 1.29 is 22.7 Å². The predicted molar refractivity (Wildman–Crippen MR) is 128 cm³/mol. The first-order valence-corrected chi connectivity index (χ1v) is 11.5. The molecular weight excluding hydrogens is 504 g/mol. The zero-order valence-corrected chi connectivity index (χ0v) is 18.9. The second kappa shape index (κ2) is 9.04. The lowest BCUT2D eigenvalue weighted by molar-refractivity contribution is -0.385. The lowest BCUT2D eigenvalue weighted by Gasteiger charge is -2.11. The van der Waals surface area contributed by atoms with Gasteiger partial charge in [0.2, 0.25) is 0 Å². The largest absolute Gasteiger partial charge is 0.423 e. The van der Waals surface area contributed by atoms with Crippen LogP contribution in [0.25, 0.3) is 11.0 Å². The van der Waals surface area contributed by atoms with Gasteiger partial charge < -0.3 is 9.73 Å². The number of hydrogen-bond acceptors (Lipinski definition) is 9. The summed E-state index contributed by atoms with van der Waals surface area (Å²) in [6.45, 7) is 0. The van der Waals surface area contributed by atoms with Crippen molar-refractivity contribution in [2.45, 2.75) is 4.90 Å². The van der Waals surface area contributed by atoms with E-state index >= 15 is 0 Å². The van der Waals surface area contributed by atoms with Gasteiger partial charge in [0.15, 0.2) is 0 Å². The Morgan fingerprint density at radius 3 is 2.20 bits per heavy atom. The third-order valence-corrected chi connectivity index (χ3v) is 6.48. The Kier molecular flexibility index (Phi) is 6.11. The summed E-state index contributed by atoms with van der Waals surface area (Å²) >= 11 is 5.73. The van der Waals surface area contributed by atoms with Gasteiger partial charge in [-0.1, -0.05) is 11.6 Å². The summed E-state index contributed by atoms with van der Waals surface area (Å²) in [5.41, 5.74) is -0.422. The molecule has 35 heavy (non-hydrogen) atoms. The van der Waals surface area contributed by atoms with Crippen molar-refractivity contribution in [3.05, 3.63) is 102 Å². The molecule has 3 aromatic carbocycles. The fourth-order valence-electron chi connectivity index (χ4n) is 3.16. The molecule has 14 heteroatoms. The standard InChI is InChI=1S/C21H13ClN4O8S/c22-17-7-6-15(10-19(17)26(30)31)35(32,33)24-13-3-1-12(2-4-13)23-18-11-21(27)34-20-8-5-14(25(28)29)9-16(18)20/h1-11,23-24H. The van der Waals surface area contributed by atoms with E-state index in [4.69, 9.17) is 16.0 Å². The Bertz CT molecular complexity index is 1650. The number of benzene rings is 3. The summed E-state index contributed by atoms with van der Waals surface area (Å²) < 4.78 is 32.7. The minimum Gasteiger partial charge on any atom is -0.423 e. The van der Waals surface area contributed by atoms with E-state index in [1.165, 1.54) is 42.5 Å². The van der Waals surface area contributed by atoms with Crippen LogP contribution in [0.5, 0.6) is 0 Å². The molecule has 0 unspecified atom stereocenters. The van der Waals surface area contributed by atoms with Gasteiger partial charge in [-0.25, -0.2) is 13.2 Å². The fourth-order valence-corrected chi connectivity index (χ4v) is 4.42. The minimum atomic E-state index is -4.16. The smallest absolute Gasteiger partial charge is 0.338 e. The van der Waals surface area contributed by atoms with Gasteiger partial charge in [-0.05, 0) is 42.5 Å². The van der Waals surface area contributed by atoms with Gasteiger partial charge in [0.05, 0.1) is 20.4 Å². The van der Waals surface area contributed by atoms with Crippen molar-refractivity contribution in [2.75, 3.05) is 10.0 Å². The Hall–Kier alpha value is -4.49. The van der Waals surface area contributed by atoms with Gasteiger partial charge in [0.25, 0.3) is 21.4 Å². The number of sulfonamides is 1. The van der Waals surface area contributed by atoms with Crippen molar-refractivity contribution >= 4 is 61.0 Å². The summed E-state index contributed by atoms with van der Waals surface area (Å²) in [6.07, 6.45) is 0. The first kappa shape index (κ1) is 23.7. The Morgan fingerprint density at radius 2 is 1.54 bits per heavy atom. The van der Waals surface area contributed by atoms with Crippen LogP contribution in [-0.4, -0.2) is 18.3 Å². The van der Waals surface area contributed by atoms with Crippen LogP contribution < -0.4 is 15.7 Å². The van der Waals surface area contributed by atoms with Gasteiger partial charge in [-0.2, -0.15) is 0 Å². The molecule has 0 radical (unpaired) electrons. The van der Waals surface area contributed by atoms with Gasteiger partial charge in [-0.3, -0.25) is 25.0 Å². The number of non-ortho nitro benzene ring substituents is 1. The number of anilines is 3. The molecule has 178 valence electrons. The zero-order valence-electron chi connectivity index (χ0n) is 17.3. The number of nitrogens with zero attached hydrogens (tertiary/aromatic N) is 2. The third-order valence-electron chi connectivity index (χ3n) is 4.78. The number of nitrogens with one attached hydrogen (secondary N) is 2. The molecule has 0 atom stereocenters. The molecule has 0 bridgehead atoms. The number of halogens is 1. The lowest BCUT2D eigenvalue weighted by atomic mass is 10.1. The van der Waals surface area contributed by atoms with Crippen LogP contribution >= 0.6 is 11.6 Å². The molecule has 0 fully saturated rings. The molecule has 1 aromatic heterocycles. The molecular formula is C21H13ClN4O8S. The second-order valence-electron chi connectivity index (χ2n) is 7.09. The van der Waals surface area contributed by atoms with E-state index in [0.717, 1.165) is 24.3 Å². The van der Waals surface area contributed by atoms with Crippen LogP contribution in [0.4, 0.5) is 28.4 Å². The van der Waals surface area contributed by atoms with Crippen molar-refractivity contribution in [1.82, 2.24) is 0 Å². The van der Waals surface area contributed by atoms with Crippen LogP contribution in [0.2, 0.25) is 5.02 Å². The SMILES string of the molecule is O=c1cc(Nc2ccc(NS(=O)(=O)c3ccc(Cl)c([N+](=O)[O-])c3)cc2)c2cc([N+](=O)[O-])ccc2o1. The number of fused-ring (bicyclic) bond motifs is 1.